The van der Waals surface area contributed by atoms with Gasteiger partial charge in [0.25, 0.3) is 0 Å². The van der Waals surface area contributed by atoms with E-state index in [4.69, 9.17) is 18.9 Å². The predicted octanol–water partition coefficient (Wildman–Crippen LogP) is 17.1. The van der Waals surface area contributed by atoms with E-state index in [1.54, 1.807) is 0 Å². The summed E-state index contributed by atoms with van der Waals surface area (Å²) in [5, 5.41) is 11.8. The number of esters is 2. The molecular formula is C65H117NO8. The average molecular weight is 1040 g/mol. The highest BCUT2D eigenvalue weighted by atomic mass is 16.7. The fraction of sp³-hybridized carbons (Fsp3) is 0.800. The number of carboxylic acid groups (broad SMARTS) is 1. The number of hydrogen-bond acceptors (Lipinski definition) is 8. The van der Waals surface area contributed by atoms with E-state index in [0.29, 0.717) is 17.4 Å². The first-order valence-corrected chi connectivity index (χ1v) is 30.9. The van der Waals surface area contributed by atoms with Gasteiger partial charge >= 0.3 is 11.9 Å². The van der Waals surface area contributed by atoms with Crippen LogP contribution in [0, 0.1) is 0 Å². The summed E-state index contributed by atoms with van der Waals surface area (Å²) < 4.78 is 22.7. The summed E-state index contributed by atoms with van der Waals surface area (Å²) in [5.74, 6) is -2.28. The Labute approximate surface area is 456 Å². The van der Waals surface area contributed by atoms with Crippen molar-refractivity contribution in [2.45, 2.75) is 289 Å². The van der Waals surface area contributed by atoms with Crippen molar-refractivity contribution in [2.24, 2.45) is 0 Å². The maximum atomic E-state index is 12.9. The summed E-state index contributed by atoms with van der Waals surface area (Å²) in [4.78, 5) is 37.3. The molecule has 0 radical (unpaired) electrons. The number of carbonyl (C=O) groups excluding carboxylic acids is 3. The van der Waals surface area contributed by atoms with E-state index in [9.17, 15) is 19.5 Å². The van der Waals surface area contributed by atoms with Crippen molar-refractivity contribution in [3.8, 4) is 0 Å². The van der Waals surface area contributed by atoms with Crippen molar-refractivity contribution >= 4 is 17.9 Å². The number of likely N-dealkylation sites (N-methyl/N-ethyl adjacent to an activating group) is 1. The fourth-order valence-corrected chi connectivity index (χ4v) is 8.76. The van der Waals surface area contributed by atoms with Crippen LogP contribution in [0.25, 0.3) is 0 Å². The molecule has 0 amide bonds. The molecule has 9 nitrogen and oxygen atoms in total. The van der Waals surface area contributed by atoms with Crippen LogP contribution < -0.4 is 5.11 Å². The quantitative estimate of drug-likeness (QED) is 0.0195. The van der Waals surface area contributed by atoms with Gasteiger partial charge in [0.1, 0.15) is 13.2 Å². The summed E-state index contributed by atoms with van der Waals surface area (Å²) in [6.45, 7) is 4.64. The zero-order valence-electron chi connectivity index (χ0n) is 49.0. The minimum atomic E-state index is -1.62. The van der Waals surface area contributed by atoms with E-state index in [-0.39, 0.29) is 38.6 Å². The van der Waals surface area contributed by atoms with Gasteiger partial charge in [0.05, 0.1) is 40.3 Å². The number of allylic oxidation sites excluding steroid dienone is 10. The topological polar surface area (TPSA) is 111 Å². The van der Waals surface area contributed by atoms with E-state index in [0.717, 1.165) is 77.0 Å². The Balaban J connectivity index is 4.03. The number of aliphatic carboxylic acids is 1. The molecule has 0 aliphatic heterocycles. The van der Waals surface area contributed by atoms with Gasteiger partial charge in [-0.05, 0) is 77.0 Å². The first-order chi connectivity index (χ1) is 36.1. The molecule has 0 bridgehead atoms. The van der Waals surface area contributed by atoms with Crippen molar-refractivity contribution in [3.05, 3.63) is 60.8 Å². The first-order valence-electron chi connectivity index (χ1n) is 30.9. The summed E-state index contributed by atoms with van der Waals surface area (Å²) >= 11 is 0. The lowest BCUT2D eigenvalue weighted by Crippen LogP contribution is -2.44. The van der Waals surface area contributed by atoms with E-state index in [1.165, 1.54) is 167 Å². The highest BCUT2D eigenvalue weighted by molar-refractivity contribution is 5.70. The molecule has 0 saturated carbocycles. The fourth-order valence-electron chi connectivity index (χ4n) is 8.76. The van der Waals surface area contributed by atoms with Gasteiger partial charge in [-0.3, -0.25) is 9.59 Å². The number of quaternary nitrogens is 1. The Bertz CT molecular complexity index is 1400. The summed E-state index contributed by atoms with van der Waals surface area (Å²) in [7, 11) is 5.92. The Morgan fingerprint density at radius 3 is 1.16 bits per heavy atom. The second-order valence-corrected chi connectivity index (χ2v) is 22.0. The third-order valence-corrected chi connectivity index (χ3v) is 13.5. The van der Waals surface area contributed by atoms with Crippen LogP contribution in [-0.4, -0.2) is 82.3 Å². The van der Waals surface area contributed by atoms with E-state index in [2.05, 4.69) is 74.6 Å². The largest absolute Gasteiger partial charge is 0.545 e. The summed E-state index contributed by atoms with van der Waals surface area (Å²) in [6, 6.07) is 0. The Morgan fingerprint density at radius 2 is 0.770 bits per heavy atom. The number of rotatable bonds is 57. The SMILES string of the molecule is CC/C=C\C/C=C\C/C=C\C/C=C\CCCCCCCCCCCCCCCCCCCCCCCCC(=O)OC(COC(=O)CCCCCCC/C=C\CCCCCCC)COC(OCC[N+](C)(C)C)C(=O)[O-]. The molecule has 0 aliphatic rings. The molecule has 0 N–H and O–H groups in total. The average Bonchev–Trinajstić information content (AvgIpc) is 3.37. The minimum Gasteiger partial charge on any atom is -0.545 e. The molecule has 0 aromatic heterocycles. The molecule has 430 valence electrons. The molecule has 9 heteroatoms. The van der Waals surface area contributed by atoms with Crippen molar-refractivity contribution in [1.29, 1.82) is 0 Å². The molecule has 0 spiro atoms. The molecule has 0 aromatic rings. The monoisotopic (exact) mass is 1040 g/mol. The van der Waals surface area contributed by atoms with Crippen LogP contribution in [0.1, 0.15) is 277 Å². The lowest BCUT2D eigenvalue weighted by atomic mass is 10.0. The molecule has 2 unspecified atom stereocenters. The van der Waals surface area contributed by atoms with Crippen LogP contribution in [0.5, 0.6) is 0 Å². The van der Waals surface area contributed by atoms with Gasteiger partial charge in [-0.15, -0.1) is 0 Å². The molecular weight excluding hydrogens is 923 g/mol. The Kier molecular flexibility index (Phi) is 53.9. The van der Waals surface area contributed by atoms with E-state index < -0.39 is 24.3 Å². The highest BCUT2D eigenvalue weighted by Crippen LogP contribution is 2.17. The number of nitrogens with zero attached hydrogens (tertiary/aromatic N) is 1. The molecule has 0 aromatic carbocycles. The van der Waals surface area contributed by atoms with Crippen LogP contribution in [0.2, 0.25) is 0 Å². The van der Waals surface area contributed by atoms with Crippen molar-refractivity contribution in [1.82, 2.24) is 0 Å². The molecule has 2 atom stereocenters. The van der Waals surface area contributed by atoms with E-state index >= 15 is 0 Å². The number of unbranched alkanes of at least 4 members (excludes halogenated alkanes) is 32. The zero-order chi connectivity index (χ0) is 54.1. The van der Waals surface area contributed by atoms with Crippen LogP contribution >= 0.6 is 0 Å². The zero-order valence-corrected chi connectivity index (χ0v) is 49.0. The second-order valence-electron chi connectivity index (χ2n) is 22.0. The first kappa shape index (κ1) is 71.0. The van der Waals surface area contributed by atoms with Gasteiger partial charge in [-0.25, -0.2) is 0 Å². The Morgan fingerprint density at radius 1 is 0.419 bits per heavy atom. The van der Waals surface area contributed by atoms with Gasteiger partial charge in [0, 0.05) is 12.8 Å². The second kappa shape index (κ2) is 56.2. The summed E-state index contributed by atoms with van der Waals surface area (Å²) in [5.41, 5.74) is 0. The van der Waals surface area contributed by atoms with Gasteiger partial charge in [-0.1, -0.05) is 248 Å². The standard InChI is InChI=1S/C65H117NO8/c1-6-8-10-12-14-16-18-20-22-23-24-25-26-27-28-29-30-31-32-33-34-35-36-37-38-39-40-41-42-44-46-48-50-52-54-56-63(68)74-61(60-73-65(64(69)70)71-58-57-66(3,4)5)59-72-62(67)55-53-51-49-47-45-43-21-19-17-15-13-11-9-7-2/h8,10,14,16,19-22,24-25,61,65H,6-7,9,11-13,15,17-18,23,26-60H2,1-5H3/b10-8-,16-14-,21-19-,22-20-,25-24-. The van der Waals surface area contributed by atoms with Crippen LogP contribution in [0.15, 0.2) is 60.8 Å². The van der Waals surface area contributed by atoms with Gasteiger partial charge in [0.15, 0.2) is 12.4 Å². The van der Waals surface area contributed by atoms with Crippen LogP contribution in [-0.2, 0) is 33.3 Å². The molecule has 0 rings (SSSR count). The number of ether oxygens (including phenoxy) is 4. The lowest BCUT2D eigenvalue weighted by Gasteiger charge is -2.26. The van der Waals surface area contributed by atoms with Crippen molar-refractivity contribution in [3.63, 3.8) is 0 Å². The third kappa shape index (κ3) is 56.7. The molecule has 0 saturated heterocycles. The molecule has 74 heavy (non-hydrogen) atoms. The normalized spacial score (nSPS) is 13.1. The van der Waals surface area contributed by atoms with Crippen molar-refractivity contribution < 1.29 is 42.9 Å². The smallest absolute Gasteiger partial charge is 0.306 e. The van der Waals surface area contributed by atoms with Crippen molar-refractivity contribution in [2.75, 3.05) is 47.5 Å². The third-order valence-electron chi connectivity index (χ3n) is 13.5. The number of hydrogen-bond donors (Lipinski definition) is 0. The summed E-state index contributed by atoms with van der Waals surface area (Å²) in [6.07, 6.45) is 68.7. The maximum absolute atomic E-state index is 12.9. The van der Waals surface area contributed by atoms with Crippen LogP contribution in [0.4, 0.5) is 0 Å². The number of carboxylic acids is 1. The van der Waals surface area contributed by atoms with E-state index in [1.807, 2.05) is 21.1 Å². The Hall–Kier alpha value is -3.01. The maximum Gasteiger partial charge on any atom is 0.306 e. The van der Waals surface area contributed by atoms with Crippen LogP contribution in [0.3, 0.4) is 0 Å². The van der Waals surface area contributed by atoms with Gasteiger partial charge in [-0.2, -0.15) is 0 Å². The molecule has 0 heterocycles. The van der Waals surface area contributed by atoms with Gasteiger partial charge < -0.3 is 33.3 Å². The predicted molar refractivity (Wildman–Crippen MR) is 311 cm³/mol. The lowest BCUT2D eigenvalue weighted by molar-refractivity contribution is -0.870. The highest BCUT2D eigenvalue weighted by Gasteiger charge is 2.22. The number of carbonyl (C=O) groups is 3. The van der Waals surface area contributed by atoms with Gasteiger partial charge in [0.2, 0.25) is 0 Å². The molecule has 0 aliphatic carbocycles. The minimum absolute atomic E-state index is 0.147. The molecule has 0 fully saturated rings.